The molecule has 0 saturated carbocycles. The summed E-state index contributed by atoms with van der Waals surface area (Å²) in [7, 11) is 0. The lowest BCUT2D eigenvalue weighted by molar-refractivity contribution is 0.314. The van der Waals surface area contributed by atoms with Crippen LogP contribution in [0.4, 0.5) is 14.5 Å². The van der Waals surface area contributed by atoms with Crippen LogP contribution >= 0.6 is 0 Å². The average Bonchev–Trinajstić information content (AvgIpc) is 2.38. The van der Waals surface area contributed by atoms with Crippen LogP contribution in [0.1, 0.15) is 6.92 Å². The summed E-state index contributed by atoms with van der Waals surface area (Å²) in [5, 5.41) is 20.1. The Balaban J connectivity index is 3.01. The Hall–Kier alpha value is -2.67. The average molecular weight is 250 g/mol. The van der Waals surface area contributed by atoms with Crippen molar-refractivity contribution in [2.24, 2.45) is 5.10 Å². The normalized spacial score (nSPS) is 8.94. The fourth-order valence-corrected chi connectivity index (χ4v) is 1.08. The molecule has 0 aliphatic heterocycles. The van der Waals surface area contributed by atoms with Gasteiger partial charge in [-0.25, -0.2) is 4.39 Å². The number of nitrogens with one attached hydrogen (secondary N) is 1. The smallest absolute Gasteiger partial charge is 0.237 e. The molecule has 0 aliphatic carbocycles. The van der Waals surface area contributed by atoms with E-state index >= 15 is 0 Å². The molecule has 0 amide bonds. The second kappa shape index (κ2) is 6.16. The van der Waals surface area contributed by atoms with E-state index in [-0.39, 0.29) is 18.0 Å². The van der Waals surface area contributed by atoms with Gasteiger partial charge in [0.25, 0.3) is 0 Å². The Kier molecular flexibility index (Phi) is 4.58. The maximum Gasteiger partial charge on any atom is 0.237 e. The molecule has 5 nitrogen and oxygen atoms in total. The highest BCUT2D eigenvalue weighted by molar-refractivity contribution is 6.10. The molecule has 1 N–H and O–H groups in total. The summed E-state index contributed by atoms with van der Waals surface area (Å²) in [6, 6.07) is 5.36. The fraction of sp³-hybridized carbons (Fsp3) is 0.182. The van der Waals surface area contributed by atoms with Gasteiger partial charge in [0, 0.05) is 0 Å². The first kappa shape index (κ1) is 13.4. The number of benzene rings is 1. The maximum atomic E-state index is 13.5. The molecule has 1 aromatic rings. The van der Waals surface area contributed by atoms with E-state index in [2.05, 4.69) is 10.5 Å². The Morgan fingerprint density at radius 1 is 1.33 bits per heavy atom. The number of rotatable bonds is 4. The first-order chi connectivity index (χ1) is 8.63. The minimum atomic E-state index is -1.19. The monoisotopic (exact) mass is 250 g/mol. The molecule has 1 aromatic carbocycles. The van der Waals surface area contributed by atoms with Crippen LogP contribution in [0.5, 0.6) is 5.75 Å². The van der Waals surface area contributed by atoms with Gasteiger partial charge in [0.05, 0.1) is 12.3 Å². The van der Waals surface area contributed by atoms with Gasteiger partial charge in [-0.05, 0) is 19.1 Å². The van der Waals surface area contributed by atoms with Crippen LogP contribution in [0.2, 0.25) is 0 Å². The molecule has 0 atom stereocenters. The number of hydrazone groups is 1. The molecule has 0 radical (unpaired) electrons. The molecule has 0 bridgehead atoms. The van der Waals surface area contributed by atoms with Crippen LogP contribution in [-0.4, -0.2) is 12.3 Å². The van der Waals surface area contributed by atoms with E-state index in [9.17, 15) is 8.78 Å². The van der Waals surface area contributed by atoms with E-state index < -0.39 is 17.3 Å². The minimum Gasteiger partial charge on any atom is -0.491 e. The van der Waals surface area contributed by atoms with Crippen LogP contribution in [0.15, 0.2) is 17.2 Å². The van der Waals surface area contributed by atoms with E-state index in [1.807, 2.05) is 0 Å². The Bertz CT molecular complexity index is 541. The predicted molar refractivity (Wildman–Crippen MR) is 59.8 cm³/mol. The van der Waals surface area contributed by atoms with E-state index in [1.165, 1.54) is 24.3 Å². The Labute approximate surface area is 102 Å². The van der Waals surface area contributed by atoms with Crippen LogP contribution in [0.25, 0.3) is 0 Å². The summed E-state index contributed by atoms with van der Waals surface area (Å²) in [6.45, 7) is 1.84. The zero-order valence-corrected chi connectivity index (χ0v) is 9.37. The summed E-state index contributed by atoms with van der Waals surface area (Å²) in [5.74, 6) is -2.57. The number of halogens is 2. The lowest BCUT2D eigenvalue weighted by atomic mass is 10.3. The standard InChI is InChI=1S/C11H8F2N4O/c1-2-18-9-4-3-8(10(12)11(9)13)17-16-7(5-14)6-15/h3-4,17H,2H2,1H3. The first-order valence-electron chi connectivity index (χ1n) is 4.88. The third-order valence-corrected chi connectivity index (χ3v) is 1.85. The molecule has 0 aliphatic rings. The molecule has 92 valence electrons. The Morgan fingerprint density at radius 3 is 2.56 bits per heavy atom. The molecular weight excluding hydrogens is 242 g/mol. The largest absolute Gasteiger partial charge is 0.491 e. The quantitative estimate of drug-likeness (QED) is 0.655. The molecule has 7 heteroatoms. The van der Waals surface area contributed by atoms with Gasteiger partial charge >= 0.3 is 0 Å². The Morgan fingerprint density at radius 2 is 2.00 bits per heavy atom. The highest BCUT2D eigenvalue weighted by atomic mass is 19.2. The number of anilines is 1. The van der Waals surface area contributed by atoms with Gasteiger partial charge < -0.3 is 4.74 Å². The SMILES string of the molecule is CCOc1ccc(NN=C(C#N)C#N)c(F)c1F. The molecule has 0 aromatic heterocycles. The van der Waals surface area contributed by atoms with Gasteiger partial charge in [0.15, 0.2) is 11.6 Å². The van der Waals surface area contributed by atoms with Crippen LogP contribution in [-0.2, 0) is 0 Å². The van der Waals surface area contributed by atoms with Crippen molar-refractivity contribution in [2.75, 3.05) is 12.0 Å². The molecule has 1 rings (SSSR count). The van der Waals surface area contributed by atoms with E-state index in [0.29, 0.717) is 0 Å². The third-order valence-electron chi connectivity index (χ3n) is 1.85. The second-order valence-electron chi connectivity index (χ2n) is 2.97. The minimum absolute atomic E-state index is 0.203. The summed E-state index contributed by atoms with van der Waals surface area (Å²) in [4.78, 5) is 0. The van der Waals surface area contributed by atoms with Gasteiger partial charge in [-0.3, -0.25) is 5.43 Å². The van der Waals surface area contributed by atoms with Gasteiger partial charge in [0.1, 0.15) is 12.1 Å². The predicted octanol–water partition coefficient (Wildman–Crippen LogP) is 2.18. The molecular formula is C11H8F2N4O. The van der Waals surface area contributed by atoms with Crippen LogP contribution in [0, 0.1) is 34.3 Å². The van der Waals surface area contributed by atoms with Crippen molar-refractivity contribution in [2.45, 2.75) is 6.92 Å². The highest BCUT2D eigenvalue weighted by Gasteiger charge is 2.14. The zero-order chi connectivity index (χ0) is 13.5. The summed E-state index contributed by atoms with van der Waals surface area (Å²) in [5.41, 5.74) is 1.31. The number of nitriles is 2. The van der Waals surface area contributed by atoms with Gasteiger partial charge in [0.2, 0.25) is 11.5 Å². The molecule has 0 fully saturated rings. The van der Waals surface area contributed by atoms with Gasteiger partial charge in [-0.2, -0.15) is 20.0 Å². The van der Waals surface area contributed by atoms with Crippen molar-refractivity contribution in [1.29, 1.82) is 10.5 Å². The number of ether oxygens (including phenoxy) is 1. The second-order valence-corrected chi connectivity index (χ2v) is 2.97. The third kappa shape index (κ3) is 2.92. The van der Waals surface area contributed by atoms with Crippen molar-refractivity contribution in [3.8, 4) is 17.9 Å². The van der Waals surface area contributed by atoms with Crippen LogP contribution in [0.3, 0.4) is 0 Å². The van der Waals surface area contributed by atoms with Crippen molar-refractivity contribution >= 4 is 11.4 Å². The zero-order valence-electron chi connectivity index (χ0n) is 9.37. The van der Waals surface area contributed by atoms with Gasteiger partial charge in [-0.1, -0.05) is 0 Å². The lowest BCUT2D eigenvalue weighted by Gasteiger charge is -2.07. The number of hydrogen-bond donors (Lipinski definition) is 1. The number of nitrogens with zero attached hydrogens (tertiary/aromatic N) is 3. The molecule has 0 saturated heterocycles. The van der Waals surface area contributed by atoms with E-state index in [0.717, 1.165) is 0 Å². The molecule has 0 heterocycles. The maximum absolute atomic E-state index is 13.5. The van der Waals surface area contributed by atoms with E-state index in [1.54, 1.807) is 6.92 Å². The summed E-state index contributed by atoms with van der Waals surface area (Å²) >= 11 is 0. The van der Waals surface area contributed by atoms with Crippen LogP contribution < -0.4 is 10.2 Å². The first-order valence-corrected chi connectivity index (χ1v) is 4.88. The lowest BCUT2D eigenvalue weighted by Crippen LogP contribution is -2.02. The van der Waals surface area contributed by atoms with Gasteiger partial charge in [-0.15, -0.1) is 0 Å². The topological polar surface area (TPSA) is 81.2 Å². The van der Waals surface area contributed by atoms with Crippen molar-refractivity contribution < 1.29 is 13.5 Å². The molecule has 0 spiro atoms. The fourth-order valence-electron chi connectivity index (χ4n) is 1.08. The highest BCUT2D eigenvalue weighted by Crippen LogP contribution is 2.25. The molecule has 18 heavy (non-hydrogen) atoms. The number of hydrogen-bond acceptors (Lipinski definition) is 5. The summed E-state index contributed by atoms with van der Waals surface area (Å²) in [6.07, 6.45) is 0. The van der Waals surface area contributed by atoms with Crippen molar-refractivity contribution in [3.05, 3.63) is 23.8 Å². The molecule has 0 unspecified atom stereocenters. The van der Waals surface area contributed by atoms with Crippen molar-refractivity contribution in [1.82, 2.24) is 0 Å². The van der Waals surface area contributed by atoms with E-state index in [4.69, 9.17) is 15.3 Å². The van der Waals surface area contributed by atoms with Crippen molar-refractivity contribution in [3.63, 3.8) is 0 Å². The summed E-state index contributed by atoms with van der Waals surface area (Å²) < 4.78 is 31.8.